The molecule has 5 rings (SSSR count). The second-order valence-electron chi connectivity index (χ2n) is 8.58. The molecule has 7 heteroatoms. The summed E-state index contributed by atoms with van der Waals surface area (Å²) in [5, 5.41) is 18.0. The average Bonchev–Trinajstić information content (AvgIpc) is 3.35. The van der Waals surface area contributed by atoms with Crippen molar-refractivity contribution in [1.82, 2.24) is 4.98 Å². The number of phenols is 1. The Kier molecular flexibility index (Phi) is 7.08. The average molecular weight is 453 g/mol. The predicted molar refractivity (Wildman–Crippen MR) is 126 cm³/mol. The molecule has 0 bridgehead atoms. The maximum atomic E-state index is 14.1. The lowest BCUT2D eigenvalue weighted by molar-refractivity contribution is -0.122. The maximum Gasteiger partial charge on any atom is 0.290 e. The second kappa shape index (κ2) is 10.2. The lowest BCUT2D eigenvalue weighted by Gasteiger charge is -2.31. The Labute approximate surface area is 192 Å². The topological polar surface area (TPSA) is 82.9 Å². The van der Waals surface area contributed by atoms with Crippen molar-refractivity contribution in [2.24, 2.45) is 0 Å². The van der Waals surface area contributed by atoms with Gasteiger partial charge in [-0.05, 0) is 79.5 Å². The van der Waals surface area contributed by atoms with E-state index in [-0.39, 0.29) is 18.0 Å². The summed E-state index contributed by atoms with van der Waals surface area (Å²) in [7, 11) is 0. The molecule has 2 aromatic carbocycles. The molecule has 1 aromatic heterocycles. The number of ether oxygens (including phenoxy) is 1. The van der Waals surface area contributed by atoms with Crippen molar-refractivity contribution >= 4 is 23.2 Å². The summed E-state index contributed by atoms with van der Waals surface area (Å²) >= 11 is 0. The minimum Gasteiger partial charge on any atom is -0.508 e. The molecule has 0 saturated carbocycles. The molecule has 2 N–H and O–H groups in total. The molecule has 2 aliphatic heterocycles. The molecule has 0 unspecified atom stereocenters. The van der Waals surface area contributed by atoms with Crippen LogP contribution in [-0.4, -0.2) is 48.0 Å². The SMILES string of the molecule is Cc1cc(-c2c(C3CCOCC3)c(N3CCCC3)nc3cc(O)ccc23)ccc1F.O=CO. The van der Waals surface area contributed by atoms with Crippen LogP contribution in [0.15, 0.2) is 36.4 Å². The minimum atomic E-state index is -0.250. The van der Waals surface area contributed by atoms with Crippen LogP contribution in [0.2, 0.25) is 0 Å². The molecule has 33 heavy (non-hydrogen) atoms. The largest absolute Gasteiger partial charge is 0.508 e. The van der Waals surface area contributed by atoms with E-state index < -0.39 is 0 Å². The zero-order chi connectivity index (χ0) is 23.4. The third-order valence-corrected chi connectivity index (χ3v) is 6.47. The zero-order valence-electron chi connectivity index (χ0n) is 18.8. The first kappa shape index (κ1) is 23.0. The number of carboxylic acid groups (broad SMARTS) is 1. The number of hydrogen-bond donors (Lipinski definition) is 2. The third-order valence-electron chi connectivity index (χ3n) is 6.47. The minimum absolute atomic E-state index is 0.192. The van der Waals surface area contributed by atoms with Crippen molar-refractivity contribution in [2.75, 3.05) is 31.2 Å². The molecule has 2 saturated heterocycles. The van der Waals surface area contributed by atoms with Crippen molar-refractivity contribution in [1.29, 1.82) is 0 Å². The van der Waals surface area contributed by atoms with Crippen molar-refractivity contribution in [2.45, 2.75) is 38.5 Å². The van der Waals surface area contributed by atoms with Crippen molar-refractivity contribution < 1.29 is 24.1 Å². The highest BCUT2D eigenvalue weighted by atomic mass is 19.1. The Morgan fingerprint density at radius 2 is 1.82 bits per heavy atom. The number of hydrogen-bond acceptors (Lipinski definition) is 5. The Bertz CT molecular complexity index is 1140. The van der Waals surface area contributed by atoms with Gasteiger partial charge in [-0.3, -0.25) is 4.79 Å². The first-order valence-electron chi connectivity index (χ1n) is 11.4. The van der Waals surface area contributed by atoms with Crippen molar-refractivity contribution in [3.63, 3.8) is 0 Å². The summed E-state index contributed by atoms with van der Waals surface area (Å²) in [5.74, 6) is 1.39. The van der Waals surface area contributed by atoms with Gasteiger partial charge in [-0.15, -0.1) is 0 Å². The molecule has 3 heterocycles. The number of rotatable bonds is 3. The van der Waals surface area contributed by atoms with E-state index >= 15 is 0 Å². The molecule has 0 amide bonds. The van der Waals surface area contributed by atoms with Gasteiger partial charge in [0.2, 0.25) is 0 Å². The summed E-state index contributed by atoms with van der Waals surface area (Å²) in [5.41, 5.74) is 4.80. The van der Waals surface area contributed by atoms with Gasteiger partial charge in [0.25, 0.3) is 6.47 Å². The van der Waals surface area contributed by atoms with Gasteiger partial charge in [0, 0.05) is 43.3 Å². The molecule has 2 aliphatic rings. The Balaban J connectivity index is 0.000000821. The number of pyridine rings is 1. The first-order valence-corrected chi connectivity index (χ1v) is 11.4. The van der Waals surface area contributed by atoms with Gasteiger partial charge in [0.05, 0.1) is 5.52 Å². The number of aromatic nitrogens is 1. The number of fused-ring (bicyclic) bond motifs is 1. The first-order chi connectivity index (χ1) is 16.0. The predicted octanol–water partition coefficient (Wildman–Crippen LogP) is 5.25. The number of benzene rings is 2. The summed E-state index contributed by atoms with van der Waals surface area (Å²) in [6, 6.07) is 10.8. The van der Waals surface area contributed by atoms with Gasteiger partial charge >= 0.3 is 0 Å². The number of carbonyl (C=O) groups is 1. The molecule has 0 spiro atoms. The monoisotopic (exact) mass is 452 g/mol. The van der Waals surface area contributed by atoms with E-state index in [1.807, 2.05) is 25.1 Å². The van der Waals surface area contributed by atoms with E-state index in [4.69, 9.17) is 19.6 Å². The van der Waals surface area contributed by atoms with Gasteiger partial charge in [-0.2, -0.15) is 0 Å². The number of halogens is 1. The number of anilines is 1. The normalized spacial score (nSPS) is 16.5. The van der Waals surface area contributed by atoms with E-state index in [2.05, 4.69) is 4.90 Å². The summed E-state index contributed by atoms with van der Waals surface area (Å²) in [6.07, 6.45) is 4.24. The lowest BCUT2D eigenvalue weighted by atomic mass is 9.83. The van der Waals surface area contributed by atoms with Crippen LogP contribution < -0.4 is 4.90 Å². The fraction of sp³-hybridized carbons (Fsp3) is 0.385. The number of aromatic hydroxyl groups is 1. The van der Waals surface area contributed by atoms with Gasteiger partial charge in [0.1, 0.15) is 17.4 Å². The van der Waals surface area contributed by atoms with Crippen LogP contribution in [0.5, 0.6) is 5.75 Å². The van der Waals surface area contributed by atoms with E-state index in [1.165, 1.54) is 5.56 Å². The van der Waals surface area contributed by atoms with Crippen LogP contribution in [0, 0.1) is 12.7 Å². The van der Waals surface area contributed by atoms with Crippen LogP contribution in [0.4, 0.5) is 10.2 Å². The standard InChI is InChI=1S/C25H27FN2O2.CH2O2/c1-16-14-18(4-7-21(16)26)23-20-6-5-19(29)15-22(20)27-25(28-10-2-3-11-28)24(23)17-8-12-30-13-9-17;2-1-3/h4-7,14-15,17,29H,2-3,8-13H2,1H3;1H,(H,2,3). The molecular weight excluding hydrogens is 423 g/mol. The number of phenolic OH excluding ortho intramolecular Hbond substituents is 1. The fourth-order valence-electron chi connectivity index (χ4n) is 4.91. The van der Waals surface area contributed by atoms with Crippen LogP contribution in [0.3, 0.4) is 0 Å². The van der Waals surface area contributed by atoms with Crippen molar-refractivity contribution in [3.8, 4) is 16.9 Å². The third kappa shape index (κ3) is 4.78. The summed E-state index contributed by atoms with van der Waals surface area (Å²) in [6.45, 7) is 5.05. The van der Waals surface area contributed by atoms with Crippen LogP contribution in [-0.2, 0) is 9.53 Å². The molecule has 174 valence electrons. The highest BCUT2D eigenvalue weighted by Gasteiger charge is 2.29. The number of nitrogens with zero attached hydrogens (tertiary/aromatic N) is 2. The summed E-state index contributed by atoms with van der Waals surface area (Å²) in [4.78, 5) is 15.8. The molecule has 0 radical (unpaired) electrons. The van der Waals surface area contributed by atoms with Gasteiger partial charge in [-0.25, -0.2) is 9.37 Å². The smallest absolute Gasteiger partial charge is 0.290 e. The molecule has 3 aromatic rings. The zero-order valence-corrected chi connectivity index (χ0v) is 18.8. The number of aryl methyl sites for hydroxylation is 1. The fourth-order valence-corrected chi connectivity index (χ4v) is 4.91. The van der Waals surface area contributed by atoms with Crippen LogP contribution >= 0.6 is 0 Å². The highest BCUT2D eigenvalue weighted by Crippen LogP contribution is 2.45. The van der Waals surface area contributed by atoms with Gasteiger partial charge < -0.3 is 19.8 Å². The van der Waals surface area contributed by atoms with Gasteiger partial charge in [0.15, 0.2) is 0 Å². The highest BCUT2D eigenvalue weighted by molar-refractivity contribution is 5.99. The van der Waals surface area contributed by atoms with Crippen molar-refractivity contribution in [3.05, 3.63) is 53.3 Å². The molecule has 6 nitrogen and oxygen atoms in total. The van der Waals surface area contributed by atoms with E-state index in [0.29, 0.717) is 11.5 Å². The maximum absolute atomic E-state index is 14.1. The Morgan fingerprint density at radius 3 is 2.48 bits per heavy atom. The lowest BCUT2D eigenvalue weighted by Crippen LogP contribution is -2.24. The van der Waals surface area contributed by atoms with E-state index in [9.17, 15) is 9.50 Å². The Morgan fingerprint density at radius 1 is 1.12 bits per heavy atom. The molecule has 0 aliphatic carbocycles. The summed E-state index contributed by atoms with van der Waals surface area (Å²) < 4.78 is 19.7. The van der Waals surface area contributed by atoms with Crippen LogP contribution in [0.25, 0.3) is 22.0 Å². The van der Waals surface area contributed by atoms with E-state index in [1.54, 1.807) is 18.2 Å². The molecule has 0 atom stereocenters. The van der Waals surface area contributed by atoms with Gasteiger partial charge in [-0.1, -0.05) is 6.07 Å². The molecular formula is C26H29FN2O4. The van der Waals surface area contributed by atoms with Crippen LogP contribution in [0.1, 0.15) is 42.7 Å². The second-order valence-corrected chi connectivity index (χ2v) is 8.58. The quantitative estimate of drug-likeness (QED) is 0.528. The Hall–Kier alpha value is -3.19. The molecule has 2 fully saturated rings. The van der Waals surface area contributed by atoms with E-state index in [0.717, 1.165) is 79.8 Å².